The molecule has 0 aliphatic carbocycles. The lowest BCUT2D eigenvalue weighted by molar-refractivity contribution is 0.0589. The lowest BCUT2D eigenvalue weighted by Crippen LogP contribution is -2.51. The first-order chi connectivity index (χ1) is 8.29. The van der Waals surface area contributed by atoms with E-state index in [9.17, 15) is 0 Å². The van der Waals surface area contributed by atoms with Crippen LogP contribution in [0.4, 0.5) is 0 Å². The molecule has 1 N–H and O–H groups in total. The fraction of sp³-hybridized carbons (Fsp3) is 1.00. The SMILES string of the molecule is CCC1CCCCN1CC1(CC)CCCNC1. The van der Waals surface area contributed by atoms with E-state index in [4.69, 9.17) is 0 Å². The van der Waals surface area contributed by atoms with Crippen LogP contribution in [0.1, 0.15) is 58.8 Å². The molecule has 0 spiro atoms. The zero-order chi connectivity index (χ0) is 12.1. The minimum atomic E-state index is 0.572. The van der Waals surface area contributed by atoms with Gasteiger partial charge >= 0.3 is 0 Å². The monoisotopic (exact) mass is 238 g/mol. The molecule has 2 heteroatoms. The van der Waals surface area contributed by atoms with Gasteiger partial charge in [-0.15, -0.1) is 0 Å². The Hall–Kier alpha value is -0.0800. The summed E-state index contributed by atoms with van der Waals surface area (Å²) < 4.78 is 0. The summed E-state index contributed by atoms with van der Waals surface area (Å²) in [6, 6.07) is 0.870. The zero-order valence-corrected chi connectivity index (χ0v) is 11.8. The molecule has 2 fully saturated rings. The number of hydrogen-bond donors (Lipinski definition) is 1. The van der Waals surface area contributed by atoms with E-state index in [1.54, 1.807) is 0 Å². The molecule has 2 unspecified atom stereocenters. The number of rotatable bonds is 4. The predicted molar refractivity (Wildman–Crippen MR) is 74.3 cm³/mol. The Labute approximate surface area is 107 Å². The number of nitrogens with one attached hydrogen (secondary N) is 1. The molecule has 0 saturated carbocycles. The highest BCUT2D eigenvalue weighted by molar-refractivity contribution is 4.89. The van der Waals surface area contributed by atoms with Crippen molar-refractivity contribution in [2.75, 3.05) is 26.2 Å². The van der Waals surface area contributed by atoms with Gasteiger partial charge in [0.15, 0.2) is 0 Å². The second kappa shape index (κ2) is 6.19. The average molecular weight is 238 g/mol. The van der Waals surface area contributed by atoms with Crippen LogP contribution in [0.5, 0.6) is 0 Å². The van der Waals surface area contributed by atoms with Crippen molar-refractivity contribution in [1.82, 2.24) is 10.2 Å². The molecule has 2 rings (SSSR count). The van der Waals surface area contributed by atoms with E-state index in [-0.39, 0.29) is 0 Å². The van der Waals surface area contributed by atoms with Crippen LogP contribution in [-0.2, 0) is 0 Å². The molecule has 2 aliphatic heterocycles. The van der Waals surface area contributed by atoms with E-state index in [0.29, 0.717) is 5.41 Å². The molecular weight excluding hydrogens is 208 g/mol. The molecule has 2 nitrogen and oxygen atoms in total. The van der Waals surface area contributed by atoms with Crippen LogP contribution in [0.25, 0.3) is 0 Å². The van der Waals surface area contributed by atoms with Gasteiger partial charge in [0.2, 0.25) is 0 Å². The Balaban J connectivity index is 1.96. The Morgan fingerprint density at radius 2 is 2.12 bits per heavy atom. The molecular formula is C15H30N2. The van der Waals surface area contributed by atoms with Crippen molar-refractivity contribution in [3.8, 4) is 0 Å². The molecule has 0 aromatic rings. The Morgan fingerprint density at radius 3 is 2.76 bits per heavy atom. The van der Waals surface area contributed by atoms with Gasteiger partial charge in [0.25, 0.3) is 0 Å². The molecule has 100 valence electrons. The standard InChI is InChI=1S/C15H30N2/c1-3-14-8-5-6-11-17(14)13-15(4-2)9-7-10-16-12-15/h14,16H,3-13H2,1-2H3. The summed E-state index contributed by atoms with van der Waals surface area (Å²) in [6.07, 6.45) is 9.79. The maximum atomic E-state index is 3.62. The highest BCUT2D eigenvalue weighted by Crippen LogP contribution is 2.33. The summed E-state index contributed by atoms with van der Waals surface area (Å²) in [5.74, 6) is 0. The van der Waals surface area contributed by atoms with Crippen molar-refractivity contribution in [3.05, 3.63) is 0 Å². The van der Waals surface area contributed by atoms with Crippen molar-refractivity contribution in [2.45, 2.75) is 64.8 Å². The van der Waals surface area contributed by atoms with Crippen LogP contribution < -0.4 is 5.32 Å². The largest absolute Gasteiger partial charge is 0.316 e. The van der Waals surface area contributed by atoms with Gasteiger partial charge in [-0.2, -0.15) is 0 Å². The molecule has 2 heterocycles. The zero-order valence-electron chi connectivity index (χ0n) is 11.8. The first-order valence-electron chi connectivity index (χ1n) is 7.74. The maximum absolute atomic E-state index is 3.62. The third-order valence-electron chi connectivity index (χ3n) is 5.07. The summed E-state index contributed by atoms with van der Waals surface area (Å²) in [6.45, 7) is 9.92. The number of likely N-dealkylation sites (tertiary alicyclic amines) is 1. The highest BCUT2D eigenvalue weighted by atomic mass is 15.2. The van der Waals surface area contributed by atoms with Crippen molar-refractivity contribution in [1.29, 1.82) is 0 Å². The fourth-order valence-corrected chi connectivity index (χ4v) is 3.74. The highest BCUT2D eigenvalue weighted by Gasteiger charge is 2.34. The van der Waals surface area contributed by atoms with Crippen LogP contribution in [0.2, 0.25) is 0 Å². The molecule has 0 amide bonds. The summed E-state index contributed by atoms with van der Waals surface area (Å²) in [7, 11) is 0. The van der Waals surface area contributed by atoms with E-state index in [0.717, 1.165) is 6.04 Å². The number of nitrogens with zero attached hydrogens (tertiary/aromatic N) is 1. The van der Waals surface area contributed by atoms with E-state index in [1.807, 2.05) is 0 Å². The van der Waals surface area contributed by atoms with Crippen LogP contribution in [0.15, 0.2) is 0 Å². The summed E-state index contributed by atoms with van der Waals surface area (Å²) in [4.78, 5) is 2.81. The van der Waals surface area contributed by atoms with Crippen molar-refractivity contribution < 1.29 is 0 Å². The Morgan fingerprint density at radius 1 is 1.24 bits per heavy atom. The van der Waals surface area contributed by atoms with E-state index < -0.39 is 0 Å². The molecule has 17 heavy (non-hydrogen) atoms. The molecule has 0 aromatic heterocycles. The van der Waals surface area contributed by atoms with Crippen molar-refractivity contribution in [2.24, 2.45) is 5.41 Å². The van der Waals surface area contributed by atoms with Crippen LogP contribution in [0, 0.1) is 5.41 Å². The second-order valence-electron chi connectivity index (χ2n) is 6.16. The summed E-state index contributed by atoms with van der Waals surface area (Å²) in [5.41, 5.74) is 0.572. The Kier molecular flexibility index (Phi) is 4.87. The van der Waals surface area contributed by atoms with Crippen molar-refractivity contribution in [3.63, 3.8) is 0 Å². The molecule has 2 aliphatic rings. The maximum Gasteiger partial charge on any atom is 0.00928 e. The Bertz CT molecular complexity index is 221. The van der Waals surface area contributed by atoms with Crippen LogP contribution >= 0.6 is 0 Å². The van der Waals surface area contributed by atoms with Gasteiger partial charge in [0.1, 0.15) is 0 Å². The number of hydrogen-bond acceptors (Lipinski definition) is 2. The van der Waals surface area contributed by atoms with Gasteiger partial charge < -0.3 is 5.32 Å². The smallest absolute Gasteiger partial charge is 0.00928 e. The third kappa shape index (κ3) is 3.23. The van der Waals surface area contributed by atoms with E-state index in [1.165, 1.54) is 71.1 Å². The summed E-state index contributed by atoms with van der Waals surface area (Å²) in [5, 5.41) is 3.62. The lowest BCUT2D eigenvalue weighted by Gasteiger charge is -2.45. The molecule has 0 radical (unpaired) electrons. The van der Waals surface area contributed by atoms with E-state index in [2.05, 4.69) is 24.1 Å². The minimum absolute atomic E-state index is 0.572. The van der Waals surface area contributed by atoms with Crippen molar-refractivity contribution >= 4 is 0 Å². The minimum Gasteiger partial charge on any atom is -0.316 e. The average Bonchev–Trinajstić information content (AvgIpc) is 2.40. The van der Waals surface area contributed by atoms with Crippen LogP contribution in [-0.4, -0.2) is 37.1 Å². The van der Waals surface area contributed by atoms with Gasteiger partial charge in [0, 0.05) is 19.1 Å². The number of piperidine rings is 2. The normalized spacial score (nSPS) is 36.0. The molecule has 0 bridgehead atoms. The molecule has 2 saturated heterocycles. The second-order valence-corrected chi connectivity index (χ2v) is 6.16. The fourth-order valence-electron chi connectivity index (χ4n) is 3.74. The summed E-state index contributed by atoms with van der Waals surface area (Å²) >= 11 is 0. The molecule has 2 atom stereocenters. The molecule has 0 aromatic carbocycles. The van der Waals surface area contributed by atoms with Gasteiger partial charge in [0.05, 0.1) is 0 Å². The van der Waals surface area contributed by atoms with Gasteiger partial charge in [-0.1, -0.05) is 20.3 Å². The quantitative estimate of drug-likeness (QED) is 0.810. The predicted octanol–water partition coefficient (Wildman–Crippen LogP) is 3.03. The van der Waals surface area contributed by atoms with Gasteiger partial charge in [-0.25, -0.2) is 0 Å². The van der Waals surface area contributed by atoms with E-state index >= 15 is 0 Å². The first kappa shape index (κ1) is 13.4. The first-order valence-corrected chi connectivity index (χ1v) is 7.74. The third-order valence-corrected chi connectivity index (χ3v) is 5.07. The van der Waals surface area contributed by atoms with Gasteiger partial charge in [-0.05, 0) is 57.0 Å². The van der Waals surface area contributed by atoms with Gasteiger partial charge in [-0.3, -0.25) is 4.90 Å². The topological polar surface area (TPSA) is 15.3 Å². The lowest BCUT2D eigenvalue weighted by atomic mass is 9.77. The van der Waals surface area contributed by atoms with Crippen LogP contribution in [0.3, 0.4) is 0 Å².